The molecule has 2 aromatic heterocycles. The number of rotatable bonds is 5. The predicted octanol–water partition coefficient (Wildman–Crippen LogP) is 1.66. The van der Waals surface area contributed by atoms with Crippen LogP contribution in [-0.4, -0.2) is 33.2 Å². The zero-order valence-corrected chi connectivity index (χ0v) is 11.4. The Morgan fingerprint density at radius 1 is 1.47 bits per heavy atom. The van der Waals surface area contributed by atoms with E-state index in [0.717, 1.165) is 6.42 Å². The molecule has 1 atom stereocenters. The van der Waals surface area contributed by atoms with E-state index in [1.54, 1.807) is 22.8 Å². The van der Waals surface area contributed by atoms with Gasteiger partial charge < -0.3 is 10.1 Å². The molecule has 1 N–H and O–H groups in total. The lowest BCUT2D eigenvalue weighted by molar-refractivity contribution is 0.0935. The monoisotopic (exact) mass is 262 g/mol. The summed E-state index contributed by atoms with van der Waals surface area (Å²) in [5, 5.41) is 7.09. The maximum absolute atomic E-state index is 11.9. The third-order valence-corrected chi connectivity index (χ3v) is 2.81. The van der Waals surface area contributed by atoms with Crippen molar-refractivity contribution in [3.63, 3.8) is 0 Å². The van der Waals surface area contributed by atoms with Crippen LogP contribution >= 0.6 is 0 Å². The predicted molar refractivity (Wildman–Crippen MR) is 71.4 cm³/mol. The van der Waals surface area contributed by atoms with Crippen LogP contribution in [0, 0.1) is 0 Å². The molecular formula is C13H18N4O2. The quantitative estimate of drug-likeness (QED) is 0.889. The van der Waals surface area contributed by atoms with Crippen LogP contribution in [0.4, 0.5) is 0 Å². The number of carbonyl (C=O) groups is 1. The van der Waals surface area contributed by atoms with E-state index < -0.39 is 0 Å². The molecule has 0 fully saturated rings. The number of carbonyl (C=O) groups excluding carboxylic acids is 1. The third-order valence-electron chi connectivity index (χ3n) is 2.81. The highest BCUT2D eigenvalue weighted by atomic mass is 16.5. The molecule has 19 heavy (non-hydrogen) atoms. The van der Waals surface area contributed by atoms with Gasteiger partial charge in [-0.25, -0.2) is 9.50 Å². The van der Waals surface area contributed by atoms with Gasteiger partial charge in [-0.15, -0.1) is 5.10 Å². The molecule has 0 saturated heterocycles. The zero-order chi connectivity index (χ0) is 13.8. The van der Waals surface area contributed by atoms with E-state index in [1.807, 2.05) is 20.8 Å². The van der Waals surface area contributed by atoms with Crippen molar-refractivity contribution < 1.29 is 9.53 Å². The summed E-state index contributed by atoms with van der Waals surface area (Å²) in [4.78, 5) is 16.2. The summed E-state index contributed by atoms with van der Waals surface area (Å²) in [5.74, 6) is 0.332. The number of aromatic nitrogens is 3. The van der Waals surface area contributed by atoms with Gasteiger partial charge in [0.05, 0.1) is 12.8 Å². The summed E-state index contributed by atoms with van der Waals surface area (Å²) < 4.78 is 6.86. The van der Waals surface area contributed by atoms with Crippen LogP contribution in [0.25, 0.3) is 5.65 Å². The highest BCUT2D eigenvalue weighted by Crippen LogP contribution is 2.10. The van der Waals surface area contributed by atoms with E-state index >= 15 is 0 Å². The van der Waals surface area contributed by atoms with Gasteiger partial charge in [0, 0.05) is 12.1 Å². The average molecular weight is 262 g/mol. The highest BCUT2D eigenvalue weighted by molar-refractivity contribution is 5.93. The van der Waals surface area contributed by atoms with Crippen LogP contribution in [0.15, 0.2) is 18.3 Å². The second kappa shape index (κ2) is 5.69. The SMILES string of the molecule is CCOc1ccc2nc(C(=O)N[C@H](C)CC)cn2n1. The van der Waals surface area contributed by atoms with Crippen LogP contribution in [0.2, 0.25) is 0 Å². The smallest absolute Gasteiger partial charge is 0.271 e. The highest BCUT2D eigenvalue weighted by Gasteiger charge is 2.13. The van der Waals surface area contributed by atoms with E-state index in [4.69, 9.17) is 4.74 Å². The molecule has 0 aromatic carbocycles. The summed E-state index contributed by atoms with van der Waals surface area (Å²) in [6.45, 7) is 6.42. The molecule has 0 aliphatic heterocycles. The van der Waals surface area contributed by atoms with Gasteiger partial charge in [-0.2, -0.15) is 0 Å². The van der Waals surface area contributed by atoms with E-state index in [9.17, 15) is 4.79 Å². The van der Waals surface area contributed by atoms with Gasteiger partial charge in [-0.3, -0.25) is 4.79 Å². The fraction of sp³-hybridized carbons (Fsp3) is 0.462. The van der Waals surface area contributed by atoms with Crippen LogP contribution in [0.3, 0.4) is 0 Å². The van der Waals surface area contributed by atoms with Gasteiger partial charge in [0.1, 0.15) is 5.69 Å². The van der Waals surface area contributed by atoms with Crippen LogP contribution < -0.4 is 10.1 Å². The first-order chi connectivity index (χ1) is 9.13. The lowest BCUT2D eigenvalue weighted by Crippen LogP contribution is -2.32. The van der Waals surface area contributed by atoms with Crippen molar-refractivity contribution in [2.24, 2.45) is 0 Å². The molecule has 102 valence electrons. The number of hydrogen-bond donors (Lipinski definition) is 1. The van der Waals surface area contributed by atoms with Crippen LogP contribution in [0.1, 0.15) is 37.7 Å². The molecule has 0 spiro atoms. The number of amides is 1. The maximum Gasteiger partial charge on any atom is 0.271 e. The summed E-state index contributed by atoms with van der Waals surface area (Å²) in [5.41, 5.74) is 0.985. The molecule has 2 aromatic rings. The van der Waals surface area contributed by atoms with Crippen molar-refractivity contribution in [2.75, 3.05) is 6.61 Å². The Kier molecular flexibility index (Phi) is 3.99. The minimum Gasteiger partial charge on any atom is -0.477 e. The Morgan fingerprint density at radius 3 is 2.95 bits per heavy atom. The first-order valence-corrected chi connectivity index (χ1v) is 6.44. The molecule has 0 bridgehead atoms. The molecule has 1 amide bonds. The fourth-order valence-corrected chi connectivity index (χ4v) is 1.60. The van der Waals surface area contributed by atoms with Gasteiger partial charge >= 0.3 is 0 Å². The van der Waals surface area contributed by atoms with Crippen LogP contribution in [-0.2, 0) is 0 Å². The Hall–Kier alpha value is -2.11. The topological polar surface area (TPSA) is 68.5 Å². The zero-order valence-electron chi connectivity index (χ0n) is 11.4. The second-order valence-corrected chi connectivity index (χ2v) is 4.32. The number of fused-ring (bicyclic) bond motifs is 1. The minimum absolute atomic E-state index is 0.129. The van der Waals surface area contributed by atoms with E-state index in [-0.39, 0.29) is 11.9 Å². The van der Waals surface area contributed by atoms with Gasteiger partial charge in [0.25, 0.3) is 5.91 Å². The summed E-state index contributed by atoms with van der Waals surface area (Å²) >= 11 is 0. The second-order valence-electron chi connectivity index (χ2n) is 4.32. The van der Waals surface area contributed by atoms with Crippen molar-refractivity contribution in [1.29, 1.82) is 0 Å². The molecule has 0 radical (unpaired) electrons. The summed E-state index contributed by atoms with van der Waals surface area (Å²) in [6.07, 6.45) is 2.49. The molecule has 0 unspecified atom stereocenters. The van der Waals surface area contributed by atoms with E-state index in [2.05, 4.69) is 15.4 Å². The molecule has 0 aliphatic rings. The summed E-state index contributed by atoms with van der Waals surface area (Å²) in [6, 6.07) is 3.64. The Bertz CT molecular complexity index is 579. The number of hydrogen-bond acceptors (Lipinski definition) is 4. The molecule has 2 heterocycles. The first kappa shape index (κ1) is 13.3. The molecule has 6 nitrogen and oxygen atoms in total. The Morgan fingerprint density at radius 2 is 2.26 bits per heavy atom. The van der Waals surface area contributed by atoms with Crippen molar-refractivity contribution in [1.82, 2.24) is 19.9 Å². The van der Waals surface area contributed by atoms with Crippen molar-refractivity contribution in [3.8, 4) is 5.88 Å². The molecule has 0 saturated carbocycles. The number of imidazole rings is 1. The number of nitrogens with one attached hydrogen (secondary N) is 1. The minimum atomic E-state index is -0.183. The standard InChI is InChI=1S/C13H18N4O2/c1-4-9(3)14-13(18)10-8-17-11(15-10)6-7-12(16-17)19-5-2/h6-9H,4-5H2,1-3H3,(H,14,18)/t9-/m1/s1. The van der Waals surface area contributed by atoms with Crippen molar-refractivity contribution in [2.45, 2.75) is 33.2 Å². The van der Waals surface area contributed by atoms with Crippen molar-refractivity contribution in [3.05, 3.63) is 24.0 Å². The lowest BCUT2D eigenvalue weighted by Gasteiger charge is -2.08. The fourth-order valence-electron chi connectivity index (χ4n) is 1.60. The van der Waals surface area contributed by atoms with E-state index in [1.165, 1.54) is 0 Å². The molecular weight excluding hydrogens is 244 g/mol. The first-order valence-electron chi connectivity index (χ1n) is 6.44. The average Bonchev–Trinajstić information content (AvgIpc) is 2.82. The van der Waals surface area contributed by atoms with Gasteiger partial charge in [0.15, 0.2) is 5.65 Å². The number of ether oxygens (including phenoxy) is 1. The normalized spacial score (nSPS) is 12.4. The van der Waals surface area contributed by atoms with Crippen LogP contribution in [0.5, 0.6) is 5.88 Å². The molecule has 0 aliphatic carbocycles. The van der Waals surface area contributed by atoms with Gasteiger partial charge in [-0.05, 0) is 26.3 Å². The molecule has 2 rings (SSSR count). The maximum atomic E-state index is 11.9. The summed E-state index contributed by atoms with van der Waals surface area (Å²) in [7, 11) is 0. The third kappa shape index (κ3) is 3.01. The molecule has 6 heteroatoms. The Labute approximate surface area is 111 Å². The van der Waals surface area contributed by atoms with Gasteiger partial charge in [-0.1, -0.05) is 6.92 Å². The van der Waals surface area contributed by atoms with Gasteiger partial charge in [0.2, 0.25) is 5.88 Å². The number of nitrogens with zero attached hydrogens (tertiary/aromatic N) is 3. The van der Waals surface area contributed by atoms with E-state index in [0.29, 0.717) is 23.8 Å². The largest absolute Gasteiger partial charge is 0.477 e. The lowest BCUT2D eigenvalue weighted by atomic mass is 10.2. The Balaban J connectivity index is 2.23. The van der Waals surface area contributed by atoms with Crippen molar-refractivity contribution >= 4 is 11.6 Å².